The fraction of sp³-hybridized carbons (Fsp3) is 0.133. The van der Waals surface area contributed by atoms with Gasteiger partial charge in [0, 0.05) is 25.4 Å². The lowest BCUT2D eigenvalue weighted by Gasteiger charge is -2.08. The van der Waals surface area contributed by atoms with Gasteiger partial charge in [-0.05, 0) is 48.9 Å². The maximum Gasteiger partial charge on any atom is 0.194 e. The summed E-state index contributed by atoms with van der Waals surface area (Å²) in [4.78, 5) is 12.6. The molecule has 98 valence electrons. The number of halogens is 3. The summed E-state index contributed by atoms with van der Waals surface area (Å²) in [7, 11) is 0. The molecule has 0 heterocycles. The summed E-state index contributed by atoms with van der Waals surface area (Å²) in [5.41, 5.74) is 2.41. The summed E-state index contributed by atoms with van der Waals surface area (Å²) in [6.45, 7) is 2.04. The van der Waals surface area contributed by atoms with Gasteiger partial charge in [-0.25, -0.2) is 0 Å². The van der Waals surface area contributed by atoms with Gasteiger partial charge in [0.05, 0.1) is 0 Å². The van der Waals surface area contributed by atoms with Crippen LogP contribution in [0.1, 0.15) is 33.2 Å². The molecule has 1 atom stereocenters. The van der Waals surface area contributed by atoms with E-state index in [0.717, 1.165) is 10.0 Å². The van der Waals surface area contributed by atoms with Gasteiger partial charge in [-0.3, -0.25) is 4.79 Å². The van der Waals surface area contributed by atoms with Gasteiger partial charge in [-0.2, -0.15) is 0 Å². The molecule has 0 fully saturated rings. The highest BCUT2D eigenvalue weighted by Crippen LogP contribution is 2.28. The van der Waals surface area contributed by atoms with E-state index in [1.54, 1.807) is 24.3 Å². The monoisotopic (exact) mass is 400 g/mol. The molecule has 1 unspecified atom stereocenters. The Balaban J connectivity index is 2.36. The van der Waals surface area contributed by atoms with Crippen LogP contribution in [-0.4, -0.2) is 5.78 Å². The van der Waals surface area contributed by atoms with Crippen molar-refractivity contribution in [2.75, 3.05) is 0 Å². The highest BCUT2D eigenvalue weighted by molar-refractivity contribution is 9.10. The van der Waals surface area contributed by atoms with E-state index in [0.29, 0.717) is 16.1 Å². The fourth-order valence-corrected chi connectivity index (χ4v) is 2.71. The molecule has 0 radical (unpaired) electrons. The lowest BCUT2D eigenvalue weighted by Crippen LogP contribution is -2.02. The Morgan fingerprint density at radius 1 is 1.16 bits per heavy atom. The lowest BCUT2D eigenvalue weighted by molar-refractivity contribution is 0.103. The first kappa shape index (κ1) is 14.8. The van der Waals surface area contributed by atoms with Crippen molar-refractivity contribution in [3.8, 4) is 0 Å². The first-order valence-electron chi connectivity index (χ1n) is 5.73. The fourth-order valence-electron chi connectivity index (χ4n) is 1.72. The van der Waals surface area contributed by atoms with Crippen LogP contribution in [0.3, 0.4) is 0 Å². The van der Waals surface area contributed by atoms with Crippen molar-refractivity contribution in [2.24, 2.45) is 0 Å². The van der Waals surface area contributed by atoms with E-state index in [4.69, 9.17) is 11.6 Å². The molecular weight excluding hydrogens is 391 g/mol. The predicted octanol–water partition coefficient (Wildman–Crippen LogP) is 5.79. The molecule has 1 nitrogen and oxygen atoms in total. The first-order valence-corrected chi connectivity index (χ1v) is 7.81. The number of carbonyl (C=O) groups is 1. The molecule has 0 saturated carbocycles. The number of ketones is 1. The summed E-state index contributed by atoms with van der Waals surface area (Å²) < 4.78 is 0.802. The second-order valence-corrected chi connectivity index (χ2v) is 6.86. The zero-order valence-electron chi connectivity index (χ0n) is 10.2. The SMILES string of the molecule is CC(Br)c1ccc(C(=O)c2ccc(Cl)cc2)c(Br)c1. The zero-order chi connectivity index (χ0) is 14.0. The molecule has 0 aromatic heterocycles. The van der Waals surface area contributed by atoms with Gasteiger partial charge in [-0.1, -0.05) is 49.5 Å². The predicted molar refractivity (Wildman–Crippen MR) is 86.4 cm³/mol. The van der Waals surface area contributed by atoms with Gasteiger partial charge in [0.2, 0.25) is 0 Å². The van der Waals surface area contributed by atoms with Crippen molar-refractivity contribution in [3.05, 3.63) is 68.7 Å². The number of benzene rings is 2. The zero-order valence-corrected chi connectivity index (χ0v) is 14.1. The van der Waals surface area contributed by atoms with Crippen LogP contribution in [0.25, 0.3) is 0 Å². The van der Waals surface area contributed by atoms with Crippen LogP contribution >= 0.6 is 43.5 Å². The molecule has 0 N–H and O–H groups in total. The number of hydrogen-bond acceptors (Lipinski definition) is 1. The molecular formula is C15H11Br2ClO. The van der Waals surface area contributed by atoms with E-state index in [-0.39, 0.29) is 10.6 Å². The Bertz CT molecular complexity index is 606. The van der Waals surface area contributed by atoms with Gasteiger partial charge in [0.25, 0.3) is 0 Å². The molecule has 2 aromatic rings. The summed E-state index contributed by atoms with van der Waals surface area (Å²) in [5, 5.41) is 0.624. The molecule has 0 saturated heterocycles. The van der Waals surface area contributed by atoms with E-state index < -0.39 is 0 Å². The van der Waals surface area contributed by atoms with Gasteiger partial charge in [0.15, 0.2) is 5.78 Å². The second-order valence-electron chi connectivity index (χ2n) is 4.19. The van der Waals surface area contributed by atoms with Crippen LogP contribution in [-0.2, 0) is 0 Å². The molecule has 0 amide bonds. The molecule has 0 aliphatic heterocycles. The Hall–Kier alpha value is -0.640. The maximum atomic E-state index is 12.4. The van der Waals surface area contributed by atoms with Crippen molar-refractivity contribution in [1.29, 1.82) is 0 Å². The average molecular weight is 403 g/mol. The molecule has 0 aliphatic carbocycles. The van der Waals surface area contributed by atoms with Gasteiger partial charge < -0.3 is 0 Å². The Morgan fingerprint density at radius 3 is 2.32 bits per heavy atom. The van der Waals surface area contributed by atoms with Crippen LogP contribution in [0, 0.1) is 0 Å². The Morgan fingerprint density at radius 2 is 1.79 bits per heavy atom. The molecule has 4 heteroatoms. The minimum absolute atomic E-state index is 0.0164. The highest BCUT2D eigenvalue weighted by atomic mass is 79.9. The summed E-state index contributed by atoms with van der Waals surface area (Å²) >= 11 is 12.8. The Kier molecular flexibility index (Phi) is 4.82. The number of alkyl halides is 1. The van der Waals surface area contributed by atoms with Gasteiger partial charge in [-0.15, -0.1) is 0 Å². The minimum Gasteiger partial charge on any atom is -0.289 e. The van der Waals surface area contributed by atoms with Gasteiger partial charge in [0.1, 0.15) is 0 Å². The molecule has 19 heavy (non-hydrogen) atoms. The third kappa shape index (κ3) is 3.47. The molecule has 2 aromatic carbocycles. The largest absolute Gasteiger partial charge is 0.289 e. The van der Waals surface area contributed by atoms with E-state index in [1.165, 1.54) is 0 Å². The van der Waals surface area contributed by atoms with Crippen molar-refractivity contribution < 1.29 is 4.79 Å². The smallest absolute Gasteiger partial charge is 0.194 e. The van der Waals surface area contributed by atoms with Crippen molar-refractivity contribution in [1.82, 2.24) is 0 Å². The maximum absolute atomic E-state index is 12.4. The third-order valence-corrected chi connectivity index (χ3v) is 4.24. The van der Waals surface area contributed by atoms with Crippen molar-refractivity contribution >= 4 is 49.2 Å². The molecule has 0 aliphatic rings. The second kappa shape index (κ2) is 6.21. The van der Waals surface area contributed by atoms with Crippen LogP contribution in [0.5, 0.6) is 0 Å². The highest BCUT2D eigenvalue weighted by Gasteiger charge is 2.13. The van der Waals surface area contributed by atoms with E-state index in [2.05, 4.69) is 31.9 Å². The van der Waals surface area contributed by atoms with E-state index >= 15 is 0 Å². The van der Waals surface area contributed by atoms with Crippen LogP contribution < -0.4 is 0 Å². The number of hydrogen-bond donors (Lipinski definition) is 0. The molecule has 2 rings (SSSR count). The summed E-state index contributed by atoms with van der Waals surface area (Å²) in [5.74, 6) is -0.0164. The van der Waals surface area contributed by atoms with Crippen molar-refractivity contribution in [3.63, 3.8) is 0 Å². The number of rotatable bonds is 3. The number of carbonyl (C=O) groups excluding carboxylic acids is 1. The van der Waals surface area contributed by atoms with Crippen LogP contribution in [0.15, 0.2) is 46.9 Å². The lowest BCUT2D eigenvalue weighted by atomic mass is 10.0. The van der Waals surface area contributed by atoms with Crippen molar-refractivity contribution in [2.45, 2.75) is 11.8 Å². The average Bonchev–Trinajstić information content (AvgIpc) is 2.38. The topological polar surface area (TPSA) is 17.1 Å². The van der Waals surface area contributed by atoms with Gasteiger partial charge >= 0.3 is 0 Å². The third-order valence-electron chi connectivity index (χ3n) is 2.80. The molecule has 0 spiro atoms. The standard InChI is InChI=1S/C15H11Br2ClO/c1-9(16)11-4-7-13(14(17)8-11)15(19)10-2-5-12(18)6-3-10/h2-9H,1H3. The van der Waals surface area contributed by atoms with E-state index in [1.807, 2.05) is 25.1 Å². The summed E-state index contributed by atoms with van der Waals surface area (Å²) in [6.07, 6.45) is 0. The van der Waals surface area contributed by atoms with Crippen LogP contribution in [0.4, 0.5) is 0 Å². The first-order chi connectivity index (χ1) is 8.99. The summed E-state index contributed by atoms with van der Waals surface area (Å²) in [6, 6.07) is 12.7. The van der Waals surface area contributed by atoms with Crippen LogP contribution in [0.2, 0.25) is 5.02 Å². The van der Waals surface area contributed by atoms with E-state index in [9.17, 15) is 4.79 Å². The normalized spacial score (nSPS) is 12.2. The molecule has 0 bridgehead atoms. The Labute approximate surface area is 134 Å². The minimum atomic E-state index is -0.0164. The quantitative estimate of drug-likeness (QED) is 0.469.